The molecule has 1 aromatic heterocycles. The molecule has 0 unspecified atom stereocenters. The lowest BCUT2D eigenvalue weighted by Gasteiger charge is -2.15. The molecule has 0 radical (unpaired) electrons. The summed E-state index contributed by atoms with van der Waals surface area (Å²) in [5.74, 6) is -0.584. The standard InChI is InChI=1S/C15H18Cl2N4O2/c1-9(2)5-13(15(22)23)18-7-11-8-21(20-19-11)14-4-3-10(16)6-12(14)17/h3-4,6,8-9,13,18H,5,7H2,1-2H3,(H,22,23)/t13-/m1/s1. The van der Waals surface area contributed by atoms with Gasteiger partial charge in [-0.1, -0.05) is 42.3 Å². The molecule has 1 heterocycles. The zero-order valence-corrected chi connectivity index (χ0v) is 14.3. The number of hydrogen-bond acceptors (Lipinski definition) is 4. The lowest BCUT2D eigenvalue weighted by molar-refractivity contribution is -0.140. The van der Waals surface area contributed by atoms with Gasteiger partial charge in [0.05, 0.1) is 22.6 Å². The van der Waals surface area contributed by atoms with E-state index in [0.29, 0.717) is 34.4 Å². The van der Waals surface area contributed by atoms with Crippen molar-refractivity contribution in [2.75, 3.05) is 0 Å². The van der Waals surface area contributed by atoms with E-state index in [1.807, 2.05) is 13.8 Å². The van der Waals surface area contributed by atoms with Gasteiger partial charge in [-0.15, -0.1) is 5.10 Å². The smallest absolute Gasteiger partial charge is 0.320 e. The number of benzene rings is 1. The molecule has 1 atom stereocenters. The van der Waals surface area contributed by atoms with Gasteiger partial charge in [0.1, 0.15) is 6.04 Å². The number of hydrogen-bond donors (Lipinski definition) is 2. The predicted molar refractivity (Wildman–Crippen MR) is 89.1 cm³/mol. The third-order valence-electron chi connectivity index (χ3n) is 3.23. The molecule has 8 heteroatoms. The van der Waals surface area contributed by atoms with Crippen LogP contribution in [-0.2, 0) is 11.3 Å². The Bertz CT molecular complexity index is 688. The highest BCUT2D eigenvalue weighted by atomic mass is 35.5. The first-order valence-corrected chi connectivity index (χ1v) is 7.95. The summed E-state index contributed by atoms with van der Waals surface area (Å²) in [6, 6.07) is 4.47. The molecule has 0 bridgehead atoms. The lowest BCUT2D eigenvalue weighted by Crippen LogP contribution is -2.37. The first-order valence-electron chi connectivity index (χ1n) is 7.19. The second-order valence-corrected chi connectivity index (χ2v) is 6.50. The molecule has 2 aromatic rings. The van der Waals surface area contributed by atoms with Gasteiger partial charge in [0.2, 0.25) is 0 Å². The van der Waals surface area contributed by atoms with Crippen LogP contribution in [0.5, 0.6) is 0 Å². The largest absolute Gasteiger partial charge is 0.480 e. The van der Waals surface area contributed by atoms with Crippen molar-refractivity contribution in [3.8, 4) is 5.69 Å². The monoisotopic (exact) mass is 356 g/mol. The molecule has 6 nitrogen and oxygen atoms in total. The van der Waals surface area contributed by atoms with Gasteiger partial charge in [-0.3, -0.25) is 10.1 Å². The maximum Gasteiger partial charge on any atom is 0.320 e. The van der Waals surface area contributed by atoms with Crippen molar-refractivity contribution in [3.63, 3.8) is 0 Å². The van der Waals surface area contributed by atoms with Crippen LogP contribution in [0.4, 0.5) is 0 Å². The molecule has 1 aromatic carbocycles. The fourth-order valence-corrected chi connectivity index (χ4v) is 2.63. The highest BCUT2D eigenvalue weighted by molar-refractivity contribution is 6.35. The van der Waals surface area contributed by atoms with E-state index in [0.717, 1.165) is 0 Å². The minimum atomic E-state index is -0.869. The minimum Gasteiger partial charge on any atom is -0.480 e. The van der Waals surface area contributed by atoms with Gasteiger partial charge in [-0.25, -0.2) is 4.68 Å². The molecular formula is C15H18Cl2N4O2. The van der Waals surface area contributed by atoms with Gasteiger partial charge >= 0.3 is 5.97 Å². The van der Waals surface area contributed by atoms with Crippen LogP contribution in [0, 0.1) is 5.92 Å². The maximum atomic E-state index is 11.2. The summed E-state index contributed by atoms with van der Waals surface area (Å²) in [6.07, 6.45) is 2.25. The van der Waals surface area contributed by atoms with E-state index in [2.05, 4.69) is 15.6 Å². The summed E-state index contributed by atoms with van der Waals surface area (Å²) < 4.78 is 1.54. The Kier molecular flexibility index (Phi) is 5.98. The van der Waals surface area contributed by atoms with E-state index < -0.39 is 12.0 Å². The normalized spacial score (nSPS) is 12.6. The van der Waals surface area contributed by atoms with Crippen molar-refractivity contribution in [3.05, 3.63) is 40.1 Å². The summed E-state index contributed by atoms with van der Waals surface area (Å²) in [5, 5.41) is 21.2. The first-order chi connectivity index (χ1) is 10.9. The van der Waals surface area contributed by atoms with Crippen LogP contribution in [0.2, 0.25) is 10.0 Å². The number of aliphatic carboxylic acids is 1. The summed E-state index contributed by atoms with van der Waals surface area (Å²) in [4.78, 5) is 11.2. The van der Waals surface area contributed by atoms with Crippen molar-refractivity contribution >= 4 is 29.2 Å². The number of nitrogens with one attached hydrogen (secondary N) is 1. The molecule has 0 saturated carbocycles. The Morgan fingerprint density at radius 1 is 1.39 bits per heavy atom. The molecule has 2 N–H and O–H groups in total. The second kappa shape index (κ2) is 7.77. The van der Waals surface area contributed by atoms with Gasteiger partial charge in [0, 0.05) is 11.6 Å². The van der Waals surface area contributed by atoms with Crippen molar-refractivity contribution in [2.24, 2.45) is 5.92 Å². The van der Waals surface area contributed by atoms with Crippen molar-refractivity contribution in [1.82, 2.24) is 20.3 Å². The van der Waals surface area contributed by atoms with E-state index in [9.17, 15) is 9.90 Å². The van der Waals surface area contributed by atoms with Crippen molar-refractivity contribution in [1.29, 1.82) is 0 Å². The average Bonchev–Trinajstić information content (AvgIpc) is 2.91. The average molecular weight is 357 g/mol. The molecule has 0 aliphatic rings. The molecule has 0 aliphatic carbocycles. The molecule has 23 heavy (non-hydrogen) atoms. The number of nitrogens with zero attached hydrogens (tertiary/aromatic N) is 3. The zero-order valence-electron chi connectivity index (χ0n) is 12.8. The van der Waals surface area contributed by atoms with Gasteiger partial charge < -0.3 is 5.11 Å². The molecular weight excluding hydrogens is 339 g/mol. The summed E-state index contributed by atoms with van der Waals surface area (Å²) in [5.41, 5.74) is 1.29. The van der Waals surface area contributed by atoms with Crippen LogP contribution < -0.4 is 5.32 Å². The number of carbonyl (C=O) groups is 1. The maximum absolute atomic E-state index is 11.2. The second-order valence-electron chi connectivity index (χ2n) is 5.65. The SMILES string of the molecule is CC(C)C[C@@H](NCc1cn(-c2ccc(Cl)cc2Cl)nn1)C(=O)O. The summed E-state index contributed by atoms with van der Waals surface area (Å²) >= 11 is 12.0. The number of aromatic nitrogens is 3. The molecule has 0 fully saturated rings. The number of carboxylic acid groups (broad SMARTS) is 1. The van der Waals surface area contributed by atoms with E-state index in [1.165, 1.54) is 4.68 Å². The minimum absolute atomic E-state index is 0.284. The van der Waals surface area contributed by atoms with E-state index in [-0.39, 0.29) is 5.92 Å². The Labute approximate surface area is 144 Å². The van der Waals surface area contributed by atoms with Gasteiger partial charge in [0.25, 0.3) is 0 Å². The molecule has 0 amide bonds. The third-order valence-corrected chi connectivity index (χ3v) is 3.77. The topological polar surface area (TPSA) is 80.0 Å². The quantitative estimate of drug-likeness (QED) is 0.796. The van der Waals surface area contributed by atoms with Crippen molar-refractivity contribution in [2.45, 2.75) is 32.9 Å². The molecule has 0 saturated heterocycles. The van der Waals surface area contributed by atoms with Gasteiger partial charge in [-0.2, -0.15) is 0 Å². The summed E-state index contributed by atoms with van der Waals surface area (Å²) in [6.45, 7) is 4.28. The highest BCUT2D eigenvalue weighted by Crippen LogP contribution is 2.23. The lowest BCUT2D eigenvalue weighted by atomic mass is 10.0. The van der Waals surface area contributed by atoms with Crippen LogP contribution in [0.15, 0.2) is 24.4 Å². The number of rotatable bonds is 7. The predicted octanol–water partition coefficient (Wildman–Crippen LogP) is 3.16. The van der Waals surface area contributed by atoms with Gasteiger partial charge in [-0.05, 0) is 30.5 Å². The Morgan fingerprint density at radius 2 is 2.13 bits per heavy atom. The Balaban J connectivity index is 2.06. The van der Waals surface area contributed by atoms with Crippen LogP contribution >= 0.6 is 23.2 Å². The van der Waals surface area contributed by atoms with E-state index in [4.69, 9.17) is 23.2 Å². The summed E-state index contributed by atoms with van der Waals surface area (Å²) in [7, 11) is 0. The van der Waals surface area contributed by atoms with E-state index >= 15 is 0 Å². The fraction of sp³-hybridized carbons (Fsp3) is 0.400. The van der Waals surface area contributed by atoms with Crippen LogP contribution in [-0.4, -0.2) is 32.1 Å². The zero-order chi connectivity index (χ0) is 17.0. The van der Waals surface area contributed by atoms with Crippen LogP contribution in [0.1, 0.15) is 26.0 Å². The Hall–Kier alpha value is -1.63. The number of halogens is 2. The Morgan fingerprint density at radius 3 is 2.74 bits per heavy atom. The molecule has 2 rings (SSSR count). The molecule has 0 spiro atoms. The fourth-order valence-electron chi connectivity index (χ4n) is 2.13. The number of carboxylic acids is 1. The molecule has 124 valence electrons. The third kappa shape index (κ3) is 4.92. The highest BCUT2D eigenvalue weighted by Gasteiger charge is 2.18. The molecule has 0 aliphatic heterocycles. The van der Waals surface area contributed by atoms with Gasteiger partial charge in [0.15, 0.2) is 0 Å². The van der Waals surface area contributed by atoms with Crippen LogP contribution in [0.3, 0.4) is 0 Å². The van der Waals surface area contributed by atoms with E-state index in [1.54, 1.807) is 24.4 Å². The van der Waals surface area contributed by atoms with Crippen molar-refractivity contribution < 1.29 is 9.90 Å². The first kappa shape index (κ1) is 17.7. The van der Waals surface area contributed by atoms with Crippen LogP contribution in [0.25, 0.3) is 5.69 Å².